The van der Waals surface area contributed by atoms with Crippen LogP contribution in [0.25, 0.3) is 0 Å². The maximum Gasteiger partial charge on any atom is 0.216 e. The van der Waals surface area contributed by atoms with Crippen molar-refractivity contribution in [3.8, 4) is 0 Å². The van der Waals surface area contributed by atoms with Gasteiger partial charge in [-0.25, -0.2) is 12.7 Å². The lowest BCUT2D eigenvalue weighted by molar-refractivity contribution is 0.169. The van der Waals surface area contributed by atoms with E-state index in [9.17, 15) is 8.42 Å². The molecule has 0 aromatic carbocycles. The van der Waals surface area contributed by atoms with E-state index in [4.69, 9.17) is 10.2 Å². The van der Waals surface area contributed by atoms with Crippen molar-refractivity contribution in [1.82, 2.24) is 4.31 Å². The Balaban J connectivity index is 2.49. The van der Waals surface area contributed by atoms with Crippen molar-refractivity contribution in [3.63, 3.8) is 0 Å². The molecule has 2 N–H and O–H groups in total. The zero-order valence-electron chi connectivity index (χ0n) is 8.09. The van der Waals surface area contributed by atoms with Gasteiger partial charge in [-0.15, -0.1) is 0 Å². The lowest BCUT2D eigenvalue weighted by Gasteiger charge is -2.29. The highest BCUT2D eigenvalue weighted by molar-refractivity contribution is 7.89. The predicted octanol–water partition coefficient (Wildman–Crippen LogP) is -0.987. The first-order valence-electron chi connectivity index (χ1n) is 4.79. The minimum Gasteiger partial charge on any atom is -0.396 e. The Labute approximate surface area is 84.4 Å². The molecule has 84 valence electrons. The smallest absolute Gasteiger partial charge is 0.216 e. The molecule has 5 nitrogen and oxygen atoms in total. The standard InChI is InChI=1S/C8H17NO4S/c10-5-6-14(12,13)9-3-1-8(7-11)2-4-9/h8,10-11H,1-7H2. The van der Waals surface area contributed by atoms with Crippen LogP contribution in [-0.4, -0.2) is 55.0 Å². The first kappa shape index (κ1) is 11.9. The summed E-state index contributed by atoms with van der Waals surface area (Å²) in [6, 6.07) is 0. The fourth-order valence-corrected chi connectivity index (χ4v) is 2.87. The van der Waals surface area contributed by atoms with Crippen molar-refractivity contribution in [2.45, 2.75) is 12.8 Å². The molecule has 0 radical (unpaired) electrons. The molecule has 0 atom stereocenters. The van der Waals surface area contributed by atoms with Gasteiger partial charge in [0.1, 0.15) is 0 Å². The summed E-state index contributed by atoms with van der Waals surface area (Å²) in [4.78, 5) is 0. The van der Waals surface area contributed by atoms with Crippen molar-refractivity contribution in [1.29, 1.82) is 0 Å². The van der Waals surface area contributed by atoms with Crippen LogP contribution in [0.2, 0.25) is 0 Å². The Hall–Kier alpha value is -0.170. The molecule has 0 saturated carbocycles. The van der Waals surface area contributed by atoms with Crippen LogP contribution in [0.4, 0.5) is 0 Å². The van der Waals surface area contributed by atoms with Crippen LogP contribution < -0.4 is 0 Å². The number of nitrogens with zero attached hydrogens (tertiary/aromatic N) is 1. The summed E-state index contributed by atoms with van der Waals surface area (Å²) in [6.07, 6.45) is 1.42. The SMILES string of the molecule is O=S(=O)(CCO)N1CCC(CO)CC1. The number of hydrogen-bond donors (Lipinski definition) is 2. The normalized spacial score (nSPS) is 21.3. The van der Waals surface area contributed by atoms with Gasteiger partial charge in [-0.1, -0.05) is 0 Å². The third kappa shape index (κ3) is 2.91. The van der Waals surface area contributed by atoms with Gasteiger partial charge in [-0.05, 0) is 18.8 Å². The average molecular weight is 223 g/mol. The van der Waals surface area contributed by atoms with Gasteiger partial charge in [-0.2, -0.15) is 0 Å². The first-order chi connectivity index (χ1) is 6.60. The molecule has 0 amide bonds. The zero-order chi connectivity index (χ0) is 10.6. The van der Waals surface area contributed by atoms with Crippen molar-refractivity contribution in [2.75, 3.05) is 32.1 Å². The second-order valence-electron chi connectivity index (χ2n) is 3.56. The number of rotatable bonds is 4. The fraction of sp³-hybridized carbons (Fsp3) is 1.00. The quantitative estimate of drug-likeness (QED) is 0.641. The van der Waals surface area contributed by atoms with Crippen molar-refractivity contribution >= 4 is 10.0 Å². The first-order valence-corrected chi connectivity index (χ1v) is 6.40. The van der Waals surface area contributed by atoms with Crippen LogP contribution >= 0.6 is 0 Å². The molecule has 1 aliphatic rings. The van der Waals surface area contributed by atoms with E-state index in [1.807, 2.05) is 0 Å². The van der Waals surface area contributed by atoms with E-state index in [2.05, 4.69) is 0 Å². The summed E-state index contributed by atoms with van der Waals surface area (Å²) in [5.41, 5.74) is 0. The summed E-state index contributed by atoms with van der Waals surface area (Å²) in [5, 5.41) is 17.5. The Bertz CT molecular complexity index is 257. The van der Waals surface area contributed by atoms with Gasteiger partial charge < -0.3 is 10.2 Å². The Kier molecular flexibility index (Phi) is 4.31. The van der Waals surface area contributed by atoms with Crippen LogP contribution in [0.15, 0.2) is 0 Å². The molecule has 14 heavy (non-hydrogen) atoms. The number of piperidine rings is 1. The number of aliphatic hydroxyl groups excluding tert-OH is 2. The molecule has 1 heterocycles. The van der Waals surface area contributed by atoms with Crippen LogP contribution in [0, 0.1) is 5.92 Å². The summed E-state index contributed by atoms with van der Waals surface area (Å²) in [5.74, 6) is 0.0344. The van der Waals surface area contributed by atoms with Crippen LogP contribution in [-0.2, 0) is 10.0 Å². The van der Waals surface area contributed by atoms with E-state index in [1.165, 1.54) is 4.31 Å². The molecule has 0 bridgehead atoms. The average Bonchev–Trinajstić information content (AvgIpc) is 2.18. The van der Waals surface area contributed by atoms with E-state index in [0.717, 1.165) is 0 Å². The fourth-order valence-electron chi connectivity index (χ4n) is 1.61. The van der Waals surface area contributed by atoms with E-state index in [-0.39, 0.29) is 24.9 Å². The molecule has 0 aromatic heterocycles. The minimum atomic E-state index is -3.26. The van der Waals surface area contributed by atoms with Gasteiger partial charge in [0.2, 0.25) is 10.0 Å². The zero-order valence-corrected chi connectivity index (χ0v) is 8.91. The van der Waals surface area contributed by atoms with Gasteiger partial charge in [0.25, 0.3) is 0 Å². The Morgan fingerprint density at radius 2 is 1.79 bits per heavy atom. The van der Waals surface area contributed by atoms with E-state index in [0.29, 0.717) is 25.9 Å². The summed E-state index contributed by atoms with van der Waals surface area (Å²) in [7, 11) is -3.26. The highest BCUT2D eigenvalue weighted by atomic mass is 32.2. The summed E-state index contributed by atoms with van der Waals surface area (Å²) >= 11 is 0. The monoisotopic (exact) mass is 223 g/mol. The van der Waals surface area contributed by atoms with Crippen molar-refractivity contribution in [3.05, 3.63) is 0 Å². The molecular weight excluding hydrogens is 206 g/mol. The molecule has 1 fully saturated rings. The van der Waals surface area contributed by atoms with Crippen LogP contribution in [0.1, 0.15) is 12.8 Å². The molecule has 1 aliphatic heterocycles. The molecule has 0 aliphatic carbocycles. The molecule has 0 aromatic rings. The van der Waals surface area contributed by atoms with Crippen molar-refractivity contribution < 1.29 is 18.6 Å². The van der Waals surface area contributed by atoms with Crippen molar-refractivity contribution in [2.24, 2.45) is 5.92 Å². The molecule has 6 heteroatoms. The predicted molar refractivity (Wildman–Crippen MR) is 52.3 cm³/mol. The second kappa shape index (κ2) is 5.06. The van der Waals surface area contributed by atoms with Gasteiger partial charge in [0, 0.05) is 19.7 Å². The number of sulfonamides is 1. The molecular formula is C8H17NO4S. The lowest BCUT2D eigenvalue weighted by atomic mass is 10.00. The van der Waals surface area contributed by atoms with Gasteiger partial charge >= 0.3 is 0 Å². The highest BCUT2D eigenvalue weighted by Crippen LogP contribution is 2.18. The Morgan fingerprint density at radius 1 is 1.21 bits per heavy atom. The largest absolute Gasteiger partial charge is 0.396 e. The van der Waals surface area contributed by atoms with Gasteiger partial charge in [0.05, 0.1) is 12.4 Å². The number of aliphatic hydroxyl groups is 2. The van der Waals surface area contributed by atoms with E-state index in [1.54, 1.807) is 0 Å². The molecule has 0 unspecified atom stereocenters. The Morgan fingerprint density at radius 3 is 2.21 bits per heavy atom. The molecule has 1 rings (SSSR count). The minimum absolute atomic E-state index is 0.133. The molecule has 1 saturated heterocycles. The summed E-state index contributed by atoms with van der Waals surface area (Å²) in [6.45, 7) is 0.733. The van der Waals surface area contributed by atoms with E-state index < -0.39 is 10.0 Å². The maximum atomic E-state index is 11.5. The molecule has 0 spiro atoms. The van der Waals surface area contributed by atoms with Gasteiger partial charge in [0.15, 0.2) is 0 Å². The lowest BCUT2D eigenvalue weighted by Crippen LogP contribution is -2.40. The third-order valence-electron chi connectivity index (χ3n) is 2.57. The highest BCUT2D eigenvalue weighted by Gasteiger charge is 2.26. The van der Waals surface area contributed by atoms with Crippen LogP contribution in [0.3, 0.4) is 0 Å². The summed E-state index contributed by atoms with van der Waals surface area (Å²) < 4.78 is 24.4. The maximum absolute atomic E-state index is 11.5. The topological polar surface area (TPSA) is 77.8 Å². The van der Waals surface area contributed by atoms with Crippen LogP contribution in [0.5, 0.6) is 0 Å². The second-order valence-corrected chi connectivity index (χ2v) is 5.65. The number of hydrogen-bond acceptors (Lipinski definition) is 4. The van der Waals surface area contributed by atoms with Gasteiger partial charge in [-0.3, -0.25) is 0 Å². The van der Waals surface area contributed by atoms with E-state index >= 15 is 0 Å². The third-order valence-corrected chi connectivity index (χ3v) is 4.42.